The summed E-state index contributed by atoms with van der Waals surface area (Å²) in [6.45, 7) is 10.3. The molecule has 3 heteroatoms. The zero-order valence-corrected chi connectivity index (χ0v) is 13.0. The van der Waals surface area contributed by atoms with Crippen LogP contribution in [0.2, 0.25) is 0 Å². The first-order valence-electron chi connectivity index (χ1n) is 7.48. The van der Waals surface area contributed by atoms with Crippen molar-refractivity contribution in [2.24, 2.45) is 5.41 Å². The van der Waals surface area contributed by atoms with Crippen LogP contribution < -0.4 is 10.6 Å². The molecule has 3 nitrogen and oxygen atoms in total. The summed E-state index contributed by atoms with van der Waals surface area (Å²) in [5.74, 6) is 0.0278. The minimum Gasteiger partial charge on any atom is -0.350 e. The van der Waals surface area contributed by atoms with Crippen molar-refractivity contribution in [1.82, 2.24) is 10.6 Å². The van der Waals surface area contributed by atoms with E-state index in [1.165, 1.54) is 12.8 Å². The summed E-state index contributed by atoms with van der Waals surface area (Å²) in [7, 11) is 0. The average molecular weight is 274 g/mol. The Morgan fingerprint density at radius 3 is 2.55 bits per heavy atom. The third kappa shape index (κ3) is 3.60. The summed E-state index contributed by atoms with van der Waals surface area (Å²) < 4.78 is 0. The van der Waals surface area contributed by atoms with Gasteiger partial charge in [-0.3, -0.25) is 4.79 Å². The molecule has 0 spiro atoms. The Morgan fingerprint density at radius 1 is 1.30 bits per heavy atom. The Hall–Kier alpha value is -1.35. The molecule has 0 aliphatic carbocycles. The second kappa shape index (κ2) is 5.96. The molecule has 1 aliphatic rings. The molecule has 1 amide bonds. The van der Waals surface area contributed by atoms with E-state index < -0.39 is 0 Å². The third-order valence-corrected chi connectivity index (χ3v) is 4.28. The lowest BCUT2D eigenvalue weighted by atomic mass is 9.77. The predicted molar refractivity (Wildman–Crippen MR) is 83.1 cm³/mol. The van der Waals surface area contributed by atoms with Crippen LogP contribution in [-0.2, 0) is 0 Å². The van der Waals surface area contributed by atoms with Crippen molar-refractivity contribution < 1.29 is 4.79 Å². The van der Waals surface area contributed by atoms with Gasteiger partial charge in [-0.2, -0.15) is 0 Å². The van der Waals surface area contributed by atoms with Gasteiger partial charge in [0.2, 0.25) is 0 Å². The fraction of sp³-hybridized carbons (Fsp3) is 0.588. The molecule has 1 aromatic rings. The van der Waals surface area contributed by atoms with Gasteiger partial charge in [-0.1, -0.05) is 31.0 Å². The summed E-state index contributed by atoms with van der Waals surface area (Å²) in [4.78, 5) is 12.3. The van der Waals surface area contributed by atoms with Crippen LogP contribution in [0.5, 0.6) is 0 Å². The SMILES string of the molecule is Cc1cc(C)cc(C(=O)NCC2NCCCC2(C)C)c1. The molecular formula is C17H26N2O. The minimum atomic E-state index is 0.0278. The Labute approximate surface area is 122 Å². The monoisotopic (exact) mass is 274 g/mol. The van der Waals surface area contributed by atoms with Gasteiger partial charge in [0.25, 0.3) is 5.91 Å². The molecule has 0 aromatic heterocycles. The molecule has 2 N–H and O–H groups in total. The van der Waals surface area contributed by atoms with Crippen LogP contribution in [0, 0.1) is 19.3 Å². The van der Waals surface area contributed by atoms with Crippen molar-refractivity contribution >= 4 is 5.91 Å². The fourth-order valence-corrected chi connectivity index (χ4v) is 3.02. The molecule has 1 aromatic carbocycles. The number of rotatable bonds is 3. The van der Waals surface area contributed by atoms with Gasteiger partial charge in [0.15, 0.2) is 0 Å². The first-order chi connectivity index (χ1) is 9.38. The van der Waals surface area contributed by atoms with E-state index in [9.17, 15) is 4.79 Å². The van der Waals surface area contributed by atoms with Gasteiger partial charge in [-0.05, 0) is 50.8 Å². The van der Waals surface area contributed by atoms with E-state index in [2.05, 4.69) is 30.5 Å². The van der Waals surface area contributed by atoms with Crippen LogP contribution in [0.25, 0.3) is 0 Å². The van der Waals surface area contributed by atoms with Crippen molar-refractivity contribution in [2.75, 3.05) is 13.1 Å². The molecule has 0 saturated carbocycles. The highest BCUT2D eigenvalue weighted by molar-refractivity contribution is 5.94. The maximum atomic E-state index is 12.3. The molecule has 20 heavy (non-hydrogen) atoms. The summed E-state index contributed by atoms with van der Waals surface area (Å²) in [6, 6.07) is 6.33. The number of hydrogen-bond donors (Lipinski definition) is 2. The molecule has 1 fully saturated rings. The second-order valence-electron chi connectivity index (χ2n) is 6.69. The third-order valence-electron chi connectivity index (χ3n) is 4.28. The highest BCUT2D eigenvalue weighted by Crippen LogP contribution is 2.29. The highest BCUT2D eigenvalue weighted by Gasteiger charge is 2.31. The Morgan fingerprint density at radius 2 is 1.95 bits per heavy atom. The van der Waals surface area contributed by atoms with Crippen LogP contribution >= 0.6 is 0 Å². The smallest absolute Gasteiger partial charge is 0.251 e. The quantitative estimate of drug-likeness (QED) is 0.890. The van der Waals surface area contributed by atoms with Crippen molar-refractivity contribution in [3.63, 3.8) is 0 Å². The van der Waals surface area contributed by atoms with Crippen LogP contribution in [0.4, 0.5) is 0 Å². The average Bonchev–Trinajstić information content (AvgIpc) is 2.35. The van der Waals surface area contributed by atoms with Crippen molar-refractivity contribution in [3.8, 4) is 0 Å². The minimum absolute atomic E-state index is 0.0278. The van der Waals surface area contributed by atoms with Crippen molar-refractivity contribution in [3.05, 3.63) is 34.9 Å². The number of hydrogen-bond acceptors (Lipinski definition) is 2. The van der Waals surface area contributed by atoms with Crippen molar-refractivity contribution in [1.29, 1.82) is 0 Å². The maximum absolute atomic E-state index is 12.3. The standard InChI is InChI=1S/C17H26N2O/c1-12-8-13(2)10-14(9-12)16(20)19-11-15-17(3,4)6-5-7-18-15/h8-10,15,18H,5-7,11H2,1-4H3,(H,19,20). The number of amides is 1. The normalized spacial score (nSPS) is 21.5. The molecule has 1 aliphatic heterocycles. The van der Waals surface area contributed by atoms with Gasteiger partial charge < -0.3 is 10.6 Å². The molecule has 110 valence electrons. The molecule has 0 bridgehead atoms. The first-order valence-corrected chi connectivity index (χ1v) is 7.48. The van der Waals surface area contributed by atoms with Gasteiger partial charge in [0, 0.05) is 18.2 Å². The van der Waals surface area contributed by atoms with E-state index in [4.69, 9.17) is 0 Å². The first kappa shape index (κ1) is 15.0. The molecule has 1 heterocycles. The number of carbonyl (C=O) groups excluding carboxylic acids is 1. The Balaban J connectivity index is 1.98. The molecule has 2 rings (SSSR count). The van der Waals surface area contributed by atoms with Crippen LogP contribution in [0.1, 0.15) is 48.2 Å². The number of aryl methyl sites for hydroxylation is 2. The summed E-state index contributed by atoms with van der Waals surface area (Å²) in [5.41, 5.74) is 3.27. The Kier molecular flexibility index (Phi) is 4.48. The van der Waals surface area contributed by atoms with Crippen LogP contribution in [0.15, 0.2) is 18.2 Å². The van der Waals surface area contributed by atoms with Crippen LogP contribution in [-0.4, -0.2) is 25.0 Å². The van der Waals surface area contributed by atoms with E-state index >= 15 is 0 Å². The van der Waals surface area contributed by atoms with E-state index in [1.54, 1.807) is 0 Å². The molecule has 1 atom stereocenters. The molecular weight excluding hydrogens is 248 g/mol. The van der Waals surface area contributed by atoms with E-state index in [0.29, 0.717) is 12.6 Å². The lowest BCUT2D eigenvalue weighted by Crippen LogP contribution is -2.52. The number of piperidine rings is 1. The molecule has 0 radical (unpaired) electrons. The summed E-state index contributed by atoms with van der Waals surface area (Å²) in [6.07, 6.45) is 2.43. The highest BCUT2D eigenvalue weighted by atomic mass is 16.1. The van der Waals surface area contributed by atoms with Gasteiger partial charge in [0.1, 0.15) is 0 Å². The summed E-state index contributed by atoms with van der Waals surface area (Å²) >= 11 is 0. The number of carbonyl (C=O) groups is 1. The Bertz CT molecular complexity index is 474. The fourth-order valence-electron chi connectivity index (χ4n) is 3.02. The zero-order valence-electron chi connectivity index (χ0n) is 13.0. The second-order valence-corrected chi connectivity index (χ2v) is 6.69. The van der Waals surface area contributed by atoms with Gasteiger partial charge in [0.05, 0.1) is 0 Å². The predicted octanol–water partition coefficient (Wildman–Crippen LogP) is 2.81. The largest absolute Gasteiger partial charge is 0.350 e. The molecule has 1 unspecified atom stereocenters. The van der Waals surface area contributed by atoms with Crippen molar-refractivity contribution in [2.45, 2.75) is 46.6 Å². The van der Waals surface area contributed by atoms with Gasteiger partial charge >= 0.3 is 0 Å². The zero-order chi connectivity index (χ0) is 14.8. The summed E-state index contributed by atoms with van der Waals surface area (Å²) in [5, 5.41) is 6.60. The lowest BCUT2D eigenvalue weighted by molar-refractivity contribution is 0.0928. The van der Waals surface area contributed by atoms with Gasteiger partial charge in [-0.15, -0.1) is 0 Å². The number of benzene rings is 1. The van der Waals surface area contributed by atoms with E-state index in [-0.39, 0.29) is 11.3 Å². The van der Waals surface area contributed by atoms with E-state index in [0.717, 1.165) is 23.2 Å². The van der Waals surface area contributed by atoms with Crippen LogP contribution in [0.3, 0.4) is 0 Å². The topological polar surface area (TPSA) is 41.1 Å². The molecule has 1 saturated heterocycles. The maximum Gasteiger partial charge on any atom is 0.251 e. The number of nitrogens with one attached hydrogen (secondary N) is 2. The lowest BCUT2D eigenvalue weighted by Gasteiger charge is -2.39. The van der Waals surface area contributed by atoms with Gasteiger partial charge in [-0.25, -0.2) is 0 Å². The van der Waals surface area contributed by atoms with E-state index in [1.807, 2.05) is 26.0 Å².